The summed E-state index contributed by atoms with van der Waals surface area (Å²) in [5, 5.41) is 12.9. The van der Waals surface area contributed by atoms with Gasteiger partial charge in [0.15, 0.2) is 0 Å². The van der Waals surface area contributed by atoms with Gasteiger partial charge in [0.2, 0.25) is 17.7 Å². The molecule has 2 saturated heterocycles. The quantitative estimate of drug-likeness (QED) is 0.206. The fraction of sp³-hybridized carbons (Fsp3) is 0.512. The number of piperidine rings is 1. The molecule has 1 aromatic heterocycles. The first-order valence-corrected chi connectivity index (χ1v) is 20.4. The summed E-state index contributed by atoms with van der Waals surface area (Å²) in [7, 11) is 0. The zero-order valence-corrected chi connectivity index (χ0v) is 32.6. The molecule has 6 atom stereocenters. The van der Waals surface area contributed by atoms with Gasteiger partial charge in [0, 0.05) is 55.6 Å². The number of carbonyl (C=O) groups is 4. The number of aromatic nitrogens is 3. The summed E-state index contributed by atoms with van der Waals surface area (Å²) in [6.07, 6.45) is 5.93. The van der Waals surface area contributed by atoms with Crippen LogP contribution in [0.5, 0.6) is 0 Å². The average molecular weight is 769 g/mol. The van der Waals surface area contributed by atoms with Gasteiger partial charge in [-0.15, -0.1) is 6.58 Å². The summed E-state index contributed by atoms with van der Waals surface area (Å²) in [6, 6.07) is 17.4. The molecule has 7 rings (SSSR count). The van der Waals surface area contributed by atoms with Crippen molar-refractivity contribution in [2.75, 3.05) is 19.6 Å². The third-order valence-electron chi connectivity index (χ3n) is 11.6. The predicted molar refractivity (Wildman–Crippen MR) is 206 cm³/mol. The molecular formula is C41H50N7O6S-. The lowest BCUT2D eigenvalue weighted by molar-refractivity contribution is -0.149. The van der Waals surface area contributed by atoms with Crippen molar-refractivity contribution in [2.45, 2.75) is 95.8 Å². The molecule has 2 saturated carbocycles. The zero-order valence-electron chi connectivity index (χ0n) is 31.8. The van der Waals surface area contributed by atoms with Crippen molar-refractivity contribution in [1.29, 1.82) is 0 Å². The number of benzene rings is 2. The normalized spacial score (nSPS) is 24.8. The highest BCUT2D eigenvalue weighted by molar-refractivity contribution is 7.77. The van der Waals surface area contributed by atoms with Gasteiger partial charge in [-0.25, -0.2) is 0 Å². The van der Waals surface area contributed by atoms with Gasteiger partial charge in [-0.2, -0.15) is 15.0 Å². The van der Waals surface area contributed by atoms with Crippen molar-refractivity contribution < 1.29 is 27.9 Å². The number of nitrogens with one attached hydrogen (secondary N) is 1. The Morgan fingerprint density at radius 3 is 2.05 bits per heavy atom. The van der Waals surface area contributed by atoms with Crippen LogP contribution in [-0.2, 0) is 30.4 Å². The Hall–Kier alpha value is -4.69. The second-order valence-corrected chi connectivity index (χ2v) is 17.3. The molecule has 3 aromatic rings. The lowest BCUT2D eigenvalue weighted by atomic mass is 9.77. The molecule has 2 aliphatic carbocycles. The van der Waals surface area contributed by atoms with Crippen LogP contribution < -0.4 is 5.32 Å². The van der Waals surface area contributed by atoms with Crippen molar-refractivity contribution in [1.82, 2.24) is 34.4 Å². The number of rotatable bonds is 12. The van der Waals surface area contributed by atoms with Gasteiger partial charge in [-0.3, -0.25) is 27.7 Å². The Morgan fingerprint density at radius 1 is 0.982 bits per heavy atom. The molecule has 4 fully saturated rings. The summed E-state index contributed by atoms with van der Waals surface area (Å²) in [5.41, 5.74) is 0.901. The van der Waals surface area contributed by atoms with Crippen LogP contribution in [0.3, 0.4) is 0 Å². The van der Waals surface area contributed by atoms with Crippen LogP contribution in [0, 0.1) is 17.3 Å². The molecule has 4 amide bonds. The lowest BCUT2D eigenvalue weighted by Gasteiger charge is -2.37. The van der Waals surface area contributed by atoms with Crippen molar-refractivity contribution >= 4 is 34.9 Å². The Morgan fingerprint density at radius 2 is 1.56 bits per heavy atom. The van der Waals surface area contributed by atoms with Crippen molar-refractivity contribution in [2.24, 2.45) is 17.3 Å². The maximum atomic E-state index is 14.9. The second kappa shape index (κ2) is 15.4. The van der Waals surface area contributed by atoms with Gasteiger partial charge in [0.1, 0.15) is 23.0 Å². The third-order valence-corrected chi connectivity index (χ3v) is 12.4. The minimum absolute atomic E-state index is 0.000787. The summed E-state index contributed by atoms with van der Waals surface area (Å²) < 4.78 is 25.3. The molecule has 0 spiro atoms. The summed E-state index contributed by atoms with van der Waals surface area (Å²) in [6.45, 7) is 11.0. The molecule has 4 aliphatic rings. The van der Waals surface area contributed by atoms with Gasteiger partial charge in [0.05, 0.1) is 23.2 Å². The zero-order chi connectivity index (χ0) is 39.1. The van der Waals surface area contributed by atoms with Gasteiger partial charge in [-0.1, -0.05) is 87.5 Å². The van der Waals surface area contributed by atoms with E-state index in [0.717, 1.165) is 34.7 Å². The molecule has 55 heavy (non-hydrogen) atoms. The van der Waals surface area contributed by atoms with Crippen LogP contribution in [0.1, 0.15) is 78.2 Å². The Kier molecular flexibility index (Phi) is 10.8. The van der Waals surface area contributed by atoms with Crippen molar-refractivity contribution in [3.8, 4) is 22.5 Å². The first-order valence-electron chi connectivity index (χ1n) is 19.4. The van der Waals surface area contributed by atoms with E-state index in [0.29, 0.717) is 37.3 Å². The summed E-state index contributed by atoms with van der Waals surface area (Å²) in [5.74, 6) is -2.91. The molecule has 14 heteroatoms. The summed E-state index contributed by atoms with van der Waals surface area (Å²) in [4.78, 5) is 62.0. The summed E-state index contributed by atoms with van der Waals surface area (Å²) >= 11 is -2.81. The third kappa shape index (κ3) is 7.88. The molecule has 0 radical (unpaired) electrons. The van der Waals surface area contributed by atoms with Crippen LogP contribution >= 0.6 is 0 Å². The molecule has 1 unspecified atom stereocenters. The predicted octanol–water partition coefficient (Wildman–Crippen LogP) is 4.67. The SMILES string of the molecule is C=C[C@@H]1C[C@]1(NC(=O)[C@@H]1C[C@@H](n2nc(-c3ccccc3)c(-c3ccccc3)n2)CN1C(=O)[C@@H](CC(=O)N1CCCCC1)C(C)(C)C)C(=O)N(C1CC1)S(=O)[O-]. The van der Waals surface area contributed by atoms with E-state index in [2.05, 4.69) is 11.9 Å². The number of hydrogen-bond donors (Lipinski definition) is 1. The Balaban J connectivity index is 1.24. The number of nitrogens with zero attached hydrogens (tertiary/aromatic N) is 6. The van der Waals surface area contributed by atoms with Crippen LogP contribution in [0.15, 0.2) is 73.3 Å². The van der Waals surface area contributed by atoms with Gasteiger partial charge >= 0.3 is 0 Å². The van der Waals surface area contributed by atoms with Crippen LogP contribution in [0.4, 0.5) is 0 Å². The average Bonchev–Trinajstić information content (AvgIpc) is 4.04. The van der Waals surface area contributed by atoms with Crippen LogP contribution in [0.2, 0.25) is 0 Å². The molecular weight excluding hydrogens is 719 g/mol. The standard InChI is InChI=1S/C41H51N7O6S/c1-5-29-25-41(29,39(52)47(55(53)54)30-19-20-30)42-37(50)33-23-31(26-46(33)38(51)32(40(2,3)4)24-34(49)45-21-13-8-14-22-45)48-43-35(27-15-9-6-10-16-27)36(44-48)28-17-11-7-12-18-28/h5-7,9-12,15-18,29-33H,1,8,13-14,19-26H2,2-4H3,(H,42,50)(H,53,54)/p-1/t29-,31-,32-,33+,41-/m1/s1. The maximum absolute atomic E-state index is 14.9. The minimum Gasteiger partial charge on any atom is -0.755 e. The van der Waals surface area contributed by atoms with E-state index in [9.17, 15) is 27.9 Å². The molecule has 13 nitrogen and oxygen atoms in total. The van der Waals surface area contributed by atoms with E-state index in [4.69, 9.17) is 10.2 Å². The van der Waals surface area contributed by atoms with Crippen molar-refractivity contribution in [3.05, 3.63) is 73.3 Å². The number of likely N-dealkylation sites (tertiary alicyclic amines) is 2. The van der Waals surface area contributed by atoms with E-state index >= 15 is 0 Å². The number of carbonyl (C=O) groups excluding carboxylic acids is 4. The number of amides is 4. The smallest absolute Gasteiger partial charge is 0.260 e. The Bertz CT molecular complexity index is 1900. The highest BCUT2D eigenvalue weighted by atomic mass is 32.2. The largest absolute Gasteiger partial charge is 0.755 e. The van der Waals surface area contributed by atoms with E-state index in [1.54, 1.807) is 10.9 Å². The van der Waals surface area contributed by atoms with Gasteiger partial charge in [-0.05, 0) is 43.9 Å². The minimum atomic E-state index is -2.81. The second-order valence-electron chi connectivity index (χ2n) is 16.5. The van der Waals surface area contributed by atoms with E-state index in [1.165, 1.54) is 4.90 Å². The molecule has 2 aromatic carbocycles. The van der Waals surface area contributed by atoms with E-state index < -0.39 is 64.0 Å². The molecule has 3 heterocycles. The highest BCUT2D eigenvalue weighted by Gasteiger charge is 2.63. The topological polar surface area (TPSA) is 161 Å². The fourth-order valence-corrected chi connectivity index (χ4v) is 8.88. The van der Waals surface area contributed by atoms with Crippen molar-refractivity contribution in [3.63, 3.8) is 0 Å². The number of hydrogen-bond acceptors (Lipinski definition) is 8. The first kappa shape index (κ1) is 38.6. The Labute approximate surface area is 324 Å². The maximum Gasteiger partial charge on any atom is 0.260 e. The molecule has 292 valence electrons. The van der Waals surface area contributed by atoms with E-state index in [1.807, 2.05) is 86.3 Å². The van der Waals surface area contributed by atoms with Crippen LogP contribution in [-0.4, -0.2) is 98.7 Å². The van der Waals surface area contributed by atoms with Gasteiger partial charge in [0.25, 0.3) is 5.91 Å². The highest BCUT2D eigenvalue weighted by Crippen LogP contribution is 2.48. The molecule has 1 N–H and O–H groups in total. The van der Waals surface area contributed by atoms with E-state index in [-0.39, 0.29) is 37.6 Å². The lowest BCUT2D eigenvalue weighted by Crippen LogP contribution is -2.57. The first-order chi connectivity index (χ1) is 26.3. The van der Waals surface area contributed by atoms with Gasteiger partial charge < -0.3 is 19.7 Å². The molecule has 0 bridgehead atoms. The molecule has 2 aliphatic heterocycles. The van der Waals surface area contributed by atoms with Crippen LogP contribution in [0.25, 0.3) is 22.5 Å². The monoisotopic (exact) mass is 768 g/mol. The fourth-order valence-electron chi connectivity index (χ4n) is 8.13.